The number of benzene rings is 2. The van der Waals surface area contributed by atoms with E-state index in [1.165, 1.54) is 0 Å². The van der Waals surface area contributed by atoms with Gasteiger partial charge in [0.2, 0.25) is 11.8 Å². The maximum atomic E-state index is 12.1. The zero-order valence-electron chi connectivity index (χ0n) is 13.6. The summed E-state index contributed by atoms with van der Waals surface area (Å²) in [7, 11) is 0. The number of carbonyl (C=O) groups excluding carboxylic acids is 3. The largest absolute Gasteiger partial charge is 0.343 e. The minimum atomic E-state index is -0.329. The summed E-state index contributed by atoms with van der Waals surface area (Å²) in [6.45, 7) is 1.65. The van der Waals surface area contributed by atoms with E-state index in [0.29, 0.717) is 23.4 Å². The van der Waals surface area contributed by atoms with Crippen LogP contribution in [0.25, 0.3) is 0 Å². The summed E-state index contributed by atoms with van der Waals surface area (Å²) in [5, 5.41) is 8.01. The Morgan fingerprint density at radius 3 is 2.00 bits per heavy atom. The minimum Gasteiger partial charge on any atom is -0.343 e. The minimum absolute atomic E-state index is 0.0740. The van der Waals surface area contributed by atoms with E-state index >= 15 is 0 Å². The summed E-state index contributed by atoms with van der Waals surface area (Å²) in [4.78, 5) is 35.3. The van der Waals surface area contributed by atoms with Crippen molar-refractivity contribution in [1.82, 2.24) is 5.32 Å². The fraction of sp³-hybridized carbons (Fsp3) is 0.167. The molecule has 0 atom stereocenters. The standard InChI is InChI=1S/C18H18IN3O3/c1-2-16(23)21-12-7-9-13(10-8-12)22-17(24)11-20-18(25)14-5-3-4-6-15(14)19/h3-10H,2,11H2,1H3,(H,20,25)(H,21,23)(H,22,24). The number of anilines is 2. The summed E-state index contributed by atoms with van der Waals surface area (Å²) in [5.41, 5.74) is 1.78. The van der Waals surface area contributed by atoms with Crippen molar-refractivity contribution in [3.63, 3.8) is 0 Å². The quantitative estimate of drug-likeness (QED) is 0.591. The van der Waals surface area contributed by atoms with Gasteiger partial charge >= 0.3 is 0 Å². The highest BCUT2D eigenvalue weighted by molar-refractivity contribution is 14.1. The van der Waals surface area contributed by atoms with Crippen molar-refractivity contribution in [2.24, 2.45) is 0 Å². The fourth-order valence-corrected chi connectivity index (χ4v) is 2.62. The molecule has 0 aliphatic heterocycles. The number of rotatable bonds is 6. The van der Waals surface area contributed by atoms with Crippen molar-refractivity contribution in [1.29, 1.82) is 0 Å². The zero-order valence-corrected chi connectivity index (χ0v) is 15.8. The van der Waals surface area contributed by atoms with Crippen LogP contribution in [0.15, 0.2) is 48.5 Å². The fourth-order valence-electron chi connectivity index (χ4n) is 1.99. The van der Waals surface area contributed by atoms with Gasteiger partial charge in [0.05, 0.1) is 12.1 Å². The molecule has 0 radical (unpaired) electrons. The van der Waals surface area contributed by atoms with E-state index in [4.69, 9.17) is 0 Å². The molecule has 7 heteroatoms. The maximum absolute atomic E-state index is 12.1. The molecular weight excluding hydrogens is 433 g/mol. The Hall–Kier alpha value is -2.42. The lowest BCUT2D eigenvalue weighted by Gasteiger charge is -2.09. The van der Waals surface area contributed by atoms with Gasteiger partial charge in [0.25, 0.3) is 5.91 Å². The third kappa shape index (κ3) is 5.86. The highest BCUT2D eigenvalue weighted by Gasteiger charge is 2.10. The molecule has 0 aliphatic rings. The molecule has 2 rings (SSSR count). The summed E-state index contributed by atoms with van der Waals surface area (Å²) < 4.78 is 0.822. The van der Waals surface area contributed by atoms with Gasteiger partial charge in [-0.2, -0.15) is 0 Å². The second-order valence-corrected chi connectivity index (χ2v) is 6.35. The Bertz CT molecular complexity index is 775. The van der Waals surface area contributed by atoms with Crippen LogP contribution in [0, 0.1) is 3.57 Å². The molecule has 2 aromatic carbocycles. The molecule has 0 aromatic heterocycles. The first-order valence-corrected chi connectivity index (χ1v) is 8.80. The lowest BCUT2D eigenvalue weighted by molar-refractivity contribution is -0.116. The Morgan fingerprint density at radius 1 is 0.880 bits per heavy atom. The first-order valence-electron chi connectivity index (χ1n) is 7.72. The molecule has 130 valence electrons. The van der Waals surface area contributed by atoms with Crippen molar-refractivity contribution in [3.05, 3.63) is 57.7 Å². The van der Waals surface area contributed by atoms with Gasteiger partial charge in [-0.25, -0.2) is 0 Å². The van der Waals surface area contributed by atoms with Gasteiger partial charge in [-0.3, -0.25) is 14.4 Å². The highest BCUT2D eigenvalue weighted by atomic mass is 127. The second-order valence-electron chi connectivity index (χ2n) is 5.19. The van der Waals surface area contributed by atoms with Gasteiger partial charge in [-0.1, -0.05) is 19.1 Å². The van der Waals surface area contributed by atoms with E-state index in [-0.39, 0.29) is 24.3 Å². The van der Waals surface area contributed by atoms with E-state index in [1.807, 2.05) is 12.1 Å². The molecule has 0 fully saturated rings. The summed E-state index contributed by atoms with van der Waals surface area (Å²) in [6.07, 6.45) is 0.401. The molecule has 3 N–H and O–H groups in total. The number of hydrogen-bond donors (Lipinski definition) is 3. The Kier molecular flexibility index (Phi) is 6.93. The van der Waals surface area contributed by atoms with Crippen LogP contribution in [0.1, 0.15) is 23.7 Å². The first-order chi connectivity index (χ1) is 12.0. The Labute approximate surface area is 159 Å². The van der Waals surface area contributed by atoms with Crippen molar-refractivity contribution in [3.8, 4) is 0 Å². The predicted molar refractivity (Wildman–Crippen MR) is 105 cm³/mol. The highest BCUT2D eigenvalue weighted by Crippen LogP contribution is 2.14. The molecule has 2 aromatic rings. The number of hydrogen-bond acceptors (Lipinski definition) is 3. The number of nitrogens with one attached hydrogen (secondary N) is 3. The Balaban J connectivity index is 1.85. The van der Waals surface area contributed by atoms with E-state index in [2.05, 4.69) is 38.5 Å². The van der Waals surface area contributed by atoms with Gasteiger partial charge in [-0.05, 0) is 59.0 Å². The van der Waals surface area contributed by atoms with Crippen LogP contribution < -0.4 is 16.0 Å². The topological polar surface area (TPSA) is 87.3 Å². The smallest absolute Gasteiger partial charge is 0.252 e. The van der Waals surface area contributed by atoms with Crippen LogP contribution in [-0.2, 0) is 9.59 Å². The van der Waals surface area contributed by atoms with Crippen molar-refractivity contribution < 1.29 is 14.4 Å². The average molecular weight is 451 g/mol. The van der Waals surface area contributed by atoms with Gasteiger partial charge in [0.15, 0.2) is 0 Å². The number of amides is 3. The molecule has 0 heterocycles. The third-order valence-corrected chi connectivity index (χ3v) is 4.24. The predicted octanol–water partition coefficient (Wildman–Crippen LogP) is 3.01. The number of carbonyl (C=O) groups is 3. The van der Waals surface area contributed by atoms with Crippen molar-refractivity contribution >= 4 is 51.7 Å². The molecule has 3 amide bonds. The van der Waals surface area contributed by atoms with Crippen LogP contribution in [0.5, 0.6) is 0 Å². The molecule has 0 saturated carbocycles. The zero-order chi connectivity index (χ0) is 18.2. The van der Waals surface area contributed by atoms with Gasteiger partial charge < -0.3 is 16.0 Å². The SMILES string of the molecule is CCC(=O)Nc1ccc(NC(=O)CNC(=O)c2ccccc2I)cc1. The molecular formula is C18H18IN3O3. The summed E-state index contributed by atoms with van der Waals surface area (Å²) >= 11 is 2.07. The monoisotopic (exact) mass is 451 g/mol. The lowest BCUT2D eigenvalue weighted by atomic mass is 10.2. The molecule has 6 nitrogen and oxygen atoms in total. The molecule has 0 saturated heterocycles. The molecule has 0 aliphatic carbocycles. The van der Waals surface area contributed by atoms with Crippen LogP contribution in [0.2, 0.25) is 0 Å². The molecule has 0 bridgehead atoms. The van der Waals surface area contributed by atoms with E-state index in [0.717, 1.165) is 3.57 Å². The van der Waals surface area contributed by atoms with Crippen molar-refractivity contribution in [2.45, 2.75) is 13.3 Å². The van der Waals surface area contributed by atoms with Crippen LogP contribution in [0.3, 0.4) is 0 Å². The maximum Gasteiger partial charge on any atom is 0.252 e. The van der Waals surface area contributed by atoms with Crippen molar-refractivity contribution in [2.75, 3.05) is 17.2 Å². The van der Waals surface area contributed by atoms with Crippen LogP contribution >= 0.6 is 22.6 Å². The van der Waals surface area contributed by atoms with Crippen LogP contribution in [0.4, 0.5) is 11.4 Å². The van der Waals surface area contributed by atoms with Gasteiger partial charge in [0, 0.05) is 21.4 Å². The summed E-state index contributed by atoms with van der Waals surface area (Å²) in [6, 6.07) is 13.9. The average Bonchev–Trinajstić information content (AvgIpc) is 2.61. The lowest BCUT2D eigenvalue weighted by Crippen LogP contribution is -2.33. The number of halogens is 1. The van der Waals surface area contributed by atoms with E-state index in [9.17, 15) is 14.4 Å². The Morgan fingerprint density at radius 2 is 1.44 bits per heavy atom. The molecule has 0 spiro atoms. The van der Waals surface area contributed by atoms with Gasteiger partial charge in [0.1, 0.15) is 0 Å². The van der Waals surface area contributed by atoms with Crippen LogP contribution in [-0.4, -0.2) is 24.3 Å². The summed E-state index contributed by atoms with van der Waals surface area (Å²) in [5.74, 6) is -0.697. The normalized spacial score (nSPS) is 10.0. The molecule has 25 heavy (non-hydrogen) atoms. The first kappa shape index (κ1) is 18.9. The van der Waals surface area contributed by atoms with Gasteiger partial charge in [-0.15, -0.1) is 0 Å². The van der Waals surface area contributed by atoms with E-state index < -0.39 is 0 Å². The third-order valence-electron chi connectivity index (χ3n) is 3.30. The second kappa shape index (κ2) is 9.16. The van der Waals surface area contributed by atoms with E-state index in [1.54, 1.807) is 43.3 Å². The molecule has 0 unspecified atom stereocenters.